The fourth-order valence-electron chi connectivity index (χ4n) is 2.64. The van der Waals surface area contributed by atoms with E-state index in [9.17, 15) is 0 Å². The molecule has 0 bridgehead atoms. The van der Waals surface area contributed by atoms with Crippen LogP contribution in [0.25, 0.3) is 0 Å². The van der Waals surface area contributed by atoms with Crippen LogP contribution in [-0.4, -0.2) is 109 Å². The summed E-state index contributed by atoms with van der Waals surface area (Å²) in [6.45, 7) is 15.2. The Morgan fingerprint density at radius 1 is 0.706 bits per heavy atom. The Kier molecular flexibility index (Phi) is 25.6. The van der Waals surface area contributed by atoms with Crippen molar-refractivity contribution in [3.05, 3.63) is 35.9 Å². The lowest BCUT2D eigenvalue weighted by atomic mass is 10.2. The van der Waals surface area contributed by atoms with Crippen LogP contribution in [0.15, 0.2) is 30.3 Å². The second kappa shape index (κ2) is 26.5. The number of nitrogens with zero attached hydrogens (tertiary/aromatic N) is 1. The van der Waals surface area contributed by atoms with Crippen molar-refractivity contribution in [2.75, 3.05) is 92.3 Å². The van der Waals surface area contributed by atoms with E-state index in [-0.39, 0.29) is 6.61 Å². The van der Waals surface area contributed by atoms with Gasteiger partial charge in [0.2, 0.25) is 0 Å². The molecule has 9 heteroatoms. The van der Waals surface area contributed by atoms with E-state index in [0.29, 0.717) is 72.7 Å². The maximum Gasteiger partial charge on any atom is 0.129 e. The monoisotopic (exact) mass is 488 g/mol. The van der Waals surface area contributed by atoms with Gasteiger partial charge >= 0.3 is 0 Å². The highest BCUT2D eigenvalue weighted by atomic mass is 16.6. The molecule has 1 aromatic rings. The van der Waals surface area contributed by atoms with Gasteiger partial charge in [0.1, 0.15) is 6.23 Å². The van der Waals surface area contributed by atoms with Crippen LogP contribution in [0, 0.1) is 0 Å². The van der Waals surface area contributed by atoms with E-state index < -0.39 is 6.23 Å². The zero-order valence-corrected chi connectivity index (χ0v) is 21.5. The van der Waals surface area contributed by atoms with Crippen LogP contribution in [0.4, 0.5) is 0 Å². The summed E-state index contributed by atoms with van der Waals surface area (Å²) in [5.41, 5.74) is 6.92. The van der Waals surface area contributed by atoms with Crippen molar-refractivity contribution in [2.45, 2.75) is 33.6 Å². The molecule has 0 aliphatic carbocycles. The van der Waals surface area contributed by atoms with Crippen LogP contribution in [0.5, 0.6) is 0 Å². The van der Waals surface area contributed by atoms with E-state index in [1.807, 2.05) is 30.3 Å². The Morgan fingerprint density at radius 3 is 1.56 bits per heavy atom. The molecule has 1 rings (SSSR count). The summed E-state index contributed by atoms with van der Waals surface area (Å²) in [5, 5.41) is 8.53. The van der Waals surface area contributed by atoms with E-state index in [2.05, 4.69) is 25.7 Å². The van der Waals surface area contributed by atoms with Gasteiger partial charge < -0.3 is 44.2 Å². The molecule has 0 heterocycles. The fourth-order valence-corrected chi connectivity index (χ4v) is 2.64. The number of aliphatic hydroxyl groups is 1. The Bertz CT molecular complexity index is 502. The van der Waals surface area contributed by atoms with Crippen LogP contribution in [0.2, 0.25) is 0 Å². The standard InChI is InChI=1S/C19H33NO7.C6H15N/c20-19(27-16-18-4-2-1-3-5-18)17-26-15-14-25-13-12-24-11-10-23-9-8-22-7-6-21;1-4-7(5-2)6-3/h1-5,19,21H,6-17,20H2;4-6H2,1-3H3. The minimum absolute atomic E-state index is 0.0307. The maximum absolute atomic E-state index is 8.53. The van der Waals surface area contributed by atoms with Crippen molar-refractivity contribution < 1.29 is 33.5 Å². The topological polar surface area (TPSA) is 105 Å². The molecule has 0 amide bonds. The first-order chi connectivity index (χ1) is 16.7. The lowest BCUT2D eigenvalue weighted by Gasteiger charge is -2.13. The molecule has 0 radical (unpaired) electrons. The van der Waals surface area contributed by atoms with Crippen molar-refractivity contribution >= 4 is 0 Å². The summed E-state index contributed by atoms with van der Waals surface area (Å²) in [4.78, 5) is 2.38. The molecule has 0 aliphatic rings. The van der Waals surface area contributed by atoms with Gasteiger partial charge in [0.25, 0.3) is 0 Å². The van der Waals surface area contributed by atoms with Gasteiger partial charge in [-0.2, -0.15) is 0 Å². The first-order valence-corrected chi connectivity index (χ1v) is 12.3. The molecule has 1 atom stereocenters. The molecule has 3 N–H and O–H groups in total. The molecule has 1 aromatic carbocycles. The average molecular weight is 489 g/mol. The third-order valence-electron chi connectivity index (χ3n) is 4.65. The molecule has 0 saturated carbocycles. The normalized spacial score (nSPS) is 11.9. The lowest BCUT2D eigenvalue weighted by molar-refractivity contribution is -0.0419. The minimum atomic E-state index is -0.456. The first kappa shape index (κ1) is 32.9. The van der Waals surface area contributed by atoms with Crippen molar-refractivity contribution in [2.24, 2.45) is 5.73 Å². The van der Waals surface area contributed by atoms with Gasteiger partial charge in [0, 0.05) is 0 Å². The van der Waals surface area contributed by atoms with Crippen molar-refractivity contribution in [1.82, 2.24) is 4.90 Å². The lowest BCUT2D eigenvalue weighted by Crippen LogP contribution is -2.30. The number of benzene rings is 1. The van der Waals surface area contributed by atoms with Gasteiger partial charge in [-0.3, -0.25) is 0 Å². The molecule has 0 saturated heterocycles. The van der Waals surface area contributed by atoms with E-state index in [0.717, 1.165) is 5.56 Å². The number of rotatable bonds is 22. The minimum Gasteiger partial charge on any atom is -0.394 e. The van der Waals surface area contributed by atoms with Crippen LogP contribution in [0.1, 0.15) is 26.3 Å². The Hall–Kier alpha value is -1.14. The summed E-state index contributed by atoms with van der Waals surface area (Å²) in [6, 6.07) is 9.87. The first-order valence-electron chi connectivity index (χ1n) is 12.3. The second-order valence-electron chi connectivity index (χ2n) is 7.20. The van der Waals surface area contributed by atoms with Gasteiger partial charge in [-0.05, 0) is 25.2 Å². The largest absolute Gasteiger partial charge is 0.394 e. The SMILES string of the molecule is CCN(CC)CC.NC(COCCOCCOCCOCCOCCO)OCc1ccccc1. The Morgan fingerprint density at radius 2 is 1.15 bits per heavy atom. The Labute approximate surface area is 206 Å². The van der Waals surface area contributed by atoms with Gasteiger partial charge in [-0.25, -0.2) is 0 Å². The molecule has 0 fully saturated rings. The predicted molar refractivity (Wildman–Crippen MR) is 134 cm³/mol. The van der Waals surface area contributed by atoms with Crippen LogP contribution < -0.4 is 5.73 Å². The van der Waals surface area contributed by atoms with Crippen molar-refractivity contribution in [1.29, 1.82) is 0 Å². The number of hydrogen-bond acceptors (Lipinski definition) is 9. The zero-order valence-electron chi connectivity index (χ0n) is 21.5. The summed E-state index contributed by atoms with van der Waals surface area (Å²) in [6.07, 6.45) is -0.456. The van der Waals surface area contributed by atoms with E-state index in [1.54, 1.807) is 0 Å². The quantitative estimate of drug-likeness (QED) is 0.187. The number of aliphatic hydroxyl groups excluding tert-OH is 1. The summed E-state index contributed by atoms with van der Waals surface area (Å²) < 4.78 is 32.1. The van der Waals surface area contributed by atoms with E-state index in [1.165, 1.54) is 19.6 Å². The molecule has 0 aliphatic heterocycles. The molecular weight excluding hydrogens is 440 g/mol. The highest BCUT2D eigenvalue weighted by Crippen LogP contribution is 2.01. The van der Waals surface area contributed by atoms with Crippen LogP contribution >= 0.6 is 0 Å². The van der Waals surface area contributed by atoms with Gasteiger partial charge in [-0.1, -0.05) is 51.1 Å². The predicted octanol–water partition coefficient (Wildman–Crippen LogP) is 1.91. The summed E-state index contributed by atoms with van der Waals surface area (Å²) in [5.74, 6) is 0. The van der Waals surface area contributed by atoms with E-state index >= 15 is 0 Å². The molecule has 1 unspecified atom stereocenters. The summed E-state index contributed by atoms with van der Waals surface area (Å²) >= 11 is 0. The van der Waals surface area contributed by atoms with Crippen LogP contribution in [-0.2, 0) is 35.0 Å². The van der Waals surface area contributed by atoms with Gasteiger partial charge in [-0.15, -0.1) is 0 Å². The smallest absolute Gasteiger partial charge is 0.129 e. The fraction of sp³-hybridized carbons (Fsp3) is 0.760. The molecule has 0 spiro atoms. The van der Waals surface area contributed by atoms with Crippen molar-refractivity contribution in [3.8, 4) is 0 Å². The molecule has 9 nitrogen and oxygen atoms in total. The van der Waals surface area contributed by atoms with E-state index in [4.69, 9.17) is 39.3 Å². The number of hydrogen-bond donors (Lipinski definition) is 2. The van der Waals surface area contributed by atoms with Crippen LogP contribution in [0.3, 0.4) is 0 Å². The maximum atomic E-state index is 8.53. The van der Waals surface area contributed by atoms with Gasteiger partial charge in [0.15, 0.2) is 0 Å². The number of ether oxygens (including phenoxy) is 6. The number of nitrogens with two attached hydrogens (primary N) is 1. The molecule has 34 heavy (non-hydrogen) atoms. The average Bonchev–Trinajstić information content (AvgIpc) is 2.87. The van der Waals surface area contributed by atoms with Crippen molar-refractivity contribution in [3.63, 3.8) is 0 Å². The summed E-state index contributed by atoms with van der Waals surface area (Å²) in [7, 11) is 0. The zero-order chi connectivity index (χ0) is 25.1. The molecule has 200 valence electrons. The molecule has 0 aromatic heterocycles. The highest BCUT2D eigenvalue weighted by molar-refractivity contribution is 5.13. The third kappa shape index (κ3) is 22.6. The van der Waals surface area contributed by atoms with Gasteiger partial charge in [0.05, 0.1) is 79.3 Å². The molecular formula is C25H48N2O7. The third-order valence-corrected chi connectivity index (χ3v) is 4.65. The Balaban J connectivity index is 0.00000135. The second-order valence-corrected chi connectivity index (χ2v) is 7.20. The highest BCUT2D eigenvalue weighted by Gasteiger charge is 2.03.